The van der Waals surface area contributed by atoms with E-state index < -0.39 is 17.6 Å². The summed E-state index contributed by atoms with van der Waals surface area (Å²) in [6, 6.07) is 6.12. The van der Waals surface area contributed by atoms with Gasteiger partial charge < -0.3 is 10.1 Å². The number of alkyl halides is 3. The molecule has 30 heavy (non-hydrogen) atoms. The zero-order chi connectivity index (χ0) is 22.1. The van der Waals surface area contributed by atoms with Gasteiger partial charge in [0.1, 0.15) is 11.4 Å². The molecule has 8 heteroatoms. The number of carbonyl (C=O) groups is 1. The molecule has 162 valence electrons. The Morgan fingerprint density at radius 2 is 1.97 bits per heavy atom. The SMILES string of the molecule is COc1ccc(C(C)N2CCC(NC(=O)c3ccc(C(F)(F)F)cn3)C2)c(C)c1C. The number of ether oxygens (including phenoxy) is 1. The summed E-state index contributed by atoms with van der Waals surface area (Å²) in [5.41, 5.74) is 2.62. The molecule has 0 radical (unpaired) electrons. The zero-order valence-corrected chi connectivity index (χ0v) is 17.5. The number of amides is 1. The molecule has 0 aliphatic carbocycles. The fourth-order valence-corrected chi connectivity index (χ4v) is 3.90. The quantitative estimate of drug-likeness (QED) is 0.783. The Morgan fingerprint density at radius 1 is 1.23 bits per heavy atom. The van der Waals surface area contributed by atoms with Gasteiger partial charge in [0, 0.05) is 31.4 Å². The summed E-state index contributed by atoms with van der Waals surface area (Å²) >= 11 is 0. The van der Waals surface area contributed by atoms with Crippen molar-refractivity contribution in [3.05, 3.63) is 58.4 Å². The molecule has 0 saturated carbocycles. The molecule has 1 saturated heterocycles. The van der Waals surface area contributed by atoms with Crippen LogP contribution in [0.4, 0.5) is 13.2 Å². The molecule has 0 bridgehead atoms. The maximum atomic E-state index is 12.6. The lowest BCUT2D eigenvalue weighted by Gasteiger charge is -2.27. The van der Waals surface area contributed by atoms with Gasteiger partial charge in [0.25, 0.3) is 5.91 Å². The van der Waals surface area contributed by atoms with Crippen LogP contribution in [-0.4, -0.2) is 42.0 Å². The smallest absolute Gasteiger partial charge is 0.417 e. The molecular weight excluding hydrogens is 395 g/mol. The number of nitrogens with zero attached hydrogens (tertiary/aromatic N) is 2. The van der Waals surface area contributed by atoms with E-state index in [1.165, 1.54) is 11.1 Å². The third-order valence-corrected chi connectivity index (χ3v) is 5.88. The molecule has 0 spiro atoms. The fraction of sp³-hybridized carbons (Fsp3) is 0.455. The molecule has 2 aromatic rings. The summed E-state index contributed by atoms with van der Waals surface area (Å²) in [4.78, 5) is 18.4. The molecule has 1 aromatic carbocycles. The van der Waals surface area contributed by atoms with Gasteiger partial charge >= 0.3 is 6.18 Å². The number of halogens is 3. The Balaban J connectivity index is 1.63. The second-order valence-corrected chi connectivity index (χ2v) is 7.67. The van der Waals surface area contributed by atoms with Gasteiger partial charge in [-0.25, -0.2) is 0 Å². The molecule has 1 fully saturated rings. The van der Waals surface area contributed by atoms with E-state index in [1.54, 1.807) is 7.11 Å². The van der Waals surface area contributed by atoms with Gasteiger partial charge in [-0.15, -0.1) is 0 Å². The summed E-state index contributed by atoms with van der Waals surface area (Å²) in [7, 11) is 1.66. The standard InChI is InChI=1S/C22H26F3N3O2/c1-13-14(2)20(30-4)8-6-18(13)15(3)28-10-9-17(12-28)27-21(29)19-7-5-16(11-26-19)22(23,24)25/h5-8,11,15,17H,9-10,12H2,1-4H3,(H,27,29). The fourth-order valence-electron chi connectivity index (χ4n) is 3.90. The number of aromatic nitrogens is 1. The van der Waals surface area contributed by atoms with Crippen LogP contribution >= 0.6 is 0 Å². The Bertz CT molecular complexity index is 913. The third-order valence-electron chi connectivity index (χ3n) is 5.88. The molecule has 1 N–H and O–H groups in total. The van der Waals surface area contributed by atoms with Crippen molar-refractivity contribution in [3.8, 4) is 5.75 Å². The van der Waals surface area contributed by atoms with Crippen molar-refractivity contribution in [3.63, 3.8) is 0 Å². The van der Waals surface area contributed by atoms with Gasteiger partial charge in [-0.2, -0.15) is 13.2 Å². The highest BCUT2D eigenvalue weighted by atomic mass is 19.4. The number of nitrogens with one attached hydrogen (secondary N) is 1. The number of hydrogen-bond acceptors (Lipinski definition) is 4. The third kappa shape index (κ3) is 4.59. The maximum absolute atomic E-state index is 12.6. The number of rotatable bonds is 5. The molecule has 1 amide bonds. The van der Waals surface area contributed by atoms with Crippen LogP contribution in [0.1, 0.15) is 52.1 Å². The second kappa shape index (κ2) is 8.63. The van der Waals surface area contributed by atoms with Crippen LogP contribution in [0.2, 0.25) is 0 Å². The van der Waals surface area contributed by atoms with Crippen LogP contribution in [0.15, 0.2) is 30.5 Å². The number of likely N-dealkylation sites (tertiary alicyclic amines) is 1. The molecule has 3 rings (SSSR count). The van der Waals surface area contributed by atoms with Crippen LogP contribution < -0.4 is 10.1 Å². The van der Waals surface area contributed by atoms with E-state index in [0.717, 1.165) is 36.4 Å². The highest BCUT2D eigenvalue weighted by Gasteiger charge is 2.32. The number of methoxy groups -OCH3 is 1. The minimum Gasteiger partial charge on any atom is -0.496 e. The Hall–Kier alpha value is -2.61. The van der Waals surface area contributed by atoms with Crippen molar-refractivity contribution in [2.24, 2.45) is 0 Å². The predicted octanol–water partition coefficient (Wildman–Crippen LogP) is 4.29. The number of hydrogen-bond donors (Lipinski definition) is 1. The van der Waals surface area contributed by atoms with Crippen molar-refractivity contribution >= 4 is 5.91 Å². The van der Waals surface area contributed by atoms with E-state index in [2.05, 4.69) is 35.1 Å². The molecule has 2 heterocycles. The van der Waals surface area contributed by atoms with Crippen molar-refractivity contribution in [1.29, 1.82) is 0 Å². The lowest BCUT2D eigenvalue weighted by molar-refractivity contribution is -0.137. The van der Waals surface area contributed by atoms with Crippen LogP contribution in [0, 0.1) is 13.8 Å². The summed E-state index contributed by atoms with van der Waals surface area (Å²) < 4.78 is 43.3. The van der Waals surface area contributed by atoms with Crippen LogP contribution in [0.5, 0.6) is 5.75 Å². The van der Waals surface area contributed by atoms with E-state index >= 15 is 0 Å². The number of benzene rings is 1. The first-order valence-corrected chi connectivity index (χ1v) is 9.84. The second-order valence-electron chi connectivity index (χ2n) is 7.67. The first-order chi connectivity index (χ1) is 14.1. The predicted molar refractivity (Wildman–Crippen MR) is 108 cm³/mol. The van der Waals surface area contributed by atoms with Crippen molar-refractivity contribution < 1.29 is 22.7 Å². The van der Waals surface area contributed by atoms with E-state index in [-0.39, 0.29) is 17.8 Å². The van der Waals surface area contributed by atoms with Crippen LogP contribution in [0.25, 0.3) is 0 Å². The summed E-state index contributed by atoms with van der Waals surface area (Å²) in [5.74, 6) is 0.402. The topological polar surface area (TPSA) is 54.5 Å². The number of carbonyl (C=O) groups excluding carboxylic acids is 1. The van der Waals surface area contributed by atoms with E-state index in [9.17, 15) is 18.0 Å². The molecule has 2 atom stereocenters. The van der Waals surface area contributed by atoms with Gasteiger partial charge in [-0.1, -0.05) is 6.07 Å². The van der Waals surface area contributed by atoms with E-state index in [0.29, 0.717) is 12.7 Å². The van der Waals surface area contributed by atoms with Crippen molar-refractivity contribution in [2.45, 2.75) is 45.5 Å². The summed E-state index contributed by atoms with van der Waals surface area (Å²) in [5, 5.41) is 2.89. The van der Waals surface area contributed by atoms with Gasteiger partial charge in [0.15, 0.2) is 0 Å². The van der Waals surface area contributed by atoms with Gasteiger partial charge in [-0.3, -0.25) is 14.7 Å². The average Bonchev–Trinajstić information content (AvgIpc) is 3.17. The van der Waals surface area contributed by atoms with Gasteiger partial charge in [-0.05, 0) is 62.1 Å². The summed E-state index contributed by atoms with van der Waals surface area (Å²) in [6.07, 6.45) is -3.01. The van der Waals surface area contributed by atoms with E-state index in [4.69, 9.17) is 4.74 Å². The molecule has 1 aliphatic rings. The van der Waals surface area contributed by atoms with Crippen molar-refractivity contribution in [2.75, 3.05) is 20.2 Å². The largest absolute Gasteiger partial charge is 0.496 e. The molecular formula is C22H26F3N3O2. The molecule has 1 aliphatic heterocycles. The maximum Gasteiger partial charge on any atom is 0.417 e. The minimum absolute atomic E-state index is 0.0175. The normalized spacial score (nSPS) is 18.3. The molecule has 2 unspecified atom stereocenters. The monoisotopic (exact) mass is 421 g/mol. The van der Waals surface area contributed by atoms with Gasteiger partial charge in [0.2, 0.25) is 0 Å². The average molecular weight is 421 g/mol. The first kappa shape index (κ1) is 22.1. The highest BCUT2D eigenvalue weighted by Crippen LogP contribution is 2.32. The first-order valence-electron chi connectivity index (χ1n) is 9.84. The minimum atomic E-state index is -4.47. The zero-order valence-electron chi connectivity index (χ0n) is 17.5. The Labute approximate surface area is 174 Å². The number of pyridine rings is 1. The lowest BCUT2D eigenvalue weighted by Crippen LogP contribution is -2.38. The Morgan fingerprint density at radius 3 is 2.57 bits per heavy atom. The van der Waals surface area contributed by atoms with Crippen LogP contribution in [-0.2, 0) is 6.18 Å². The summed E-state index contributed by atoms with van der Waals surface area (Å²) in [6.45, 7) is 7.73. The van der Waals surface area contributed by atoms with E-state index in [1.807, 2.05) is 13.0 Å². The van der Waals surface area contributed by atoms with Crippen molar-refractivity contribution in [1.82, 2.24) is 15.2 Å². The van der Waals surface area contributed by atoms with Gasteiger partial charge in [0.05, 0.1) is 12.7 Å². The molecule has 5 nitrogen and oxygen atoms in total. The highest BCUT2D eigenvalue weighted by molar-refractivity contribution is 5.92. The Kier molecular flexibility index (Phi) is 6.36. The van der Waals surface area contributed by atoms with Crippen LogP contribution in [0.3, 0.4) is 0 Å². The lowest BCUT2D eigenvalue weighted by atomic mass is 9.97. The molecule has 1 aromatic heterocycles.